The lowest BCUT2D eigenvalue weighted by Crippen LogP contribution is -1.89. The highest BCUT2D eigenvalue weighted by Gasteiger charge is 2.15. The molecule has 1 heterocycles. The first kappa shape index (κ1) is 14.2. The molecule has 1 aromatic heterocycles. The van der Waals surface area contributed by atoms with E-state index < -0.39 is 0 Å². The highest BCUT2D eigenvalue weighted by molar-refractivity contribution is 9.10. The Hall–Kier alpha value is -1.78. The summed E-state index contributed by atoms with van der Waals surface area (Å²) < 4.78 is 0.911. The van der Waals surface area contributed by atoms with Crippen LogP contribution in [0.5, 0.6) is 0 Å². The molecule has 3 rings (SSSR count). The second-order valence-corrected chi connectivity index (χ2v) is 6.24. The van der Waals surface area contributed by atoms with Crippen LogP contribution >= 0.6 is 27.5 Å². The van der Waals surface area contributed by atoms with Gasteiger partial charge in [0.2, 0.25) is 0 Å². The average Bonchev–Trinajstić information content (AvgIpc) is 2.79. The third kappa shape index (κ3) is 2.82. The number of nitrogens with zero attached hydrogens (tertiary/aromatic N) is 1. The number of nitrogen functional groups attached to an aromatic ring is 1. The number of anilines is 1. The van der Waals surface area contributed by atoms with Gasteiger partial charge in [0, 0.05) is 15.1 Å². The number of halogens is 2. The van der Waals surface area contributed by atoms with E-state index >= 15 is 0 Å². The van der Waals surface area contributed by atoms with Gasteiger partial charge in [-0.15, -0.1) is 0 Å². The second kappa shape index (κ2) is 5.54. The van der Waals surface area contributed by atoms with Gasteiger partial charge in [-0.1, -0.05) is 57.4 Å². The maximum Gasteiger partial charge on any atom is 0.153 e. The number of H-pyrrole nitrogens is 1. The molecule has 0 spiro atoms. The molecule has 3 N–H and O–H groups in total. The molecule has 0 aliphatic rings. The molecule has 0 amide bonds. The number of nitrogens with two attached hydrogens (primary N) is 1. The maximum atomic E-state index is 6.13. The minimum atomic E-state index is 0.478. The molecule has 0 aliphatic heterocycles. The van der Waals surface area contributed by atoms with Crippen LogP contribution in [0.15, 0.2) is 46.9 Å². The molecule has 0 saturated carbocycles. The highest BCUT2D eigenvalue weighted by Crippen LogP contribution is 2.36. The topological polar surface area (TPSA) is 54.7 Å². The van der Waals surface area contributed by atoms with Gasteiger partial charge in [-0.05, 0) is 30.7 Å². The van der Waals surface area contributed by atoms with Crippen molar-refractivity contribution >= 4 is 33.3 Å². The molecule has 106 valence electrons. The molecule has 0 radical (unpaired) electrons. The Labute approximate surface area is 136 Å². The van der Waals surface area contributed by atoms with Gasteiger partial charge in [0.1, 0.15) is 0 Å². The lowest BCUT2D eigenvalue weighted by Gasteiger charge is -2.07. The van der Waals surface area contributed by atoms with Crippen LogP contribution in [0.4, 0.5) is 5.82 Å². The van der Waals surface area contributed by atoms with Crippen molar-refractivity contribution in [2.24, 2.45) is 0 Å². The first-order valence-electron chi connectivity index (χ1n) is 6.42. The fraction of sp³-hybridized carbons (Fsp3) is 0.0625. The van der Waals surface area contributed by atoms with E-state index in [4.69, 9.17) is 17.3 Å². The highest BCUT2D eigenvalue weighted by atomic mass is 79.9. The first-order chi connectivity index (χ1) is 10.0. The number of hydrogen-bond acceptors (Lipinski definition) is 2. The zero-order valence-electron chi connectivity index (χ0n) is 11.3. The summed E-state index contributed by atoms with van der Waals surface area (Å²) in [5.41, 5.74) is 11.0. The summed E-state index contributed by atoms with van der Waals surface area (Å²) in [5, 5.41) is 7.82. The Morgan fingerprint density at radius 3 is 2.67 bits per heavy atom. The van der Waals surface area contributed by atoms with Crippen LogP contribution in [0.3, 0.4) is 0 Å². The van der Waals surface area contributed by atoms with Gasteiger partial charge < -0.3 is 5.73 Å². The third-order valence-electron chi connectivity index (χ3n) is 3.25. The molecule has 5 heteroatoms. The Balaban J connectivity index is 2.21. The average molecular weight is 363 g/mol. The number of aromatic amines is 1. The van der Waals surface area contributed by atoms with E-state index in [9.17, 15) is 0 Å². The van der Waals surface area contributed by atoms with Crippen molar-refractivity contribution in [2.75, 3.05) is 5.73 Å². The van der Waals surface area contributed by atoms with Crippen molar-refractivity contribution in [1.82, 2.24) is 10.2 Å². The standard InChI is InChI=1S/C16H13BrClN3/c1-9-3-2-4-10(5-9)14-15(20-21-16(14)19)11-6-12(17)8-13(18)7-11/h2-8H,1H3,(H3,19,20,21). The van der Waals surface area contributed by atoms with E-state index in [2.05, 4.69) is 45.2 Å². The summed E-state index contributed by atoms with van der Waals surface area (Å²) in [6.45, 7) is 2.05. The fourth-order valence-corrected chi connectivity index (χ4v) is 3.22. The molecule has 0 unspecified atom stereocenters. The SMILES string of the molecule is Cc1cccc(-c2c(N)n[nH]c2-c2cc(Cl)cc(Br)c2)c1. The smallest absolute Gasteiger partial charge is 0.153 e. The largest absolute Gasteiger partial charge is 0.382 e. The van der Waals surface area contributed by atoms with E-state index in [-0.39, 0.29) is 0 Å². The zero-order chi connectivity index (χ0) is 15.0. The van der Waals surface area contributed by atoms with Gasteiger partial charge in [0.25, 0.3) is 0 Å². The monoisotopic (exact) mass is 361 g/mol. The number of benzene rings is 2. The molecule has 3 nitrogen and oxygen atoms in total. The van der Waals surface area contributed by atoms with Crippen molar-refractivity contribution in [3.8, 4) is 22.4 Å². The number of aryl methyl sites for hydroxylation is 1. The van der Waals surface area contributed by atoms with E-state index in [1.54, 1.807) is 0 Å². The van der Waals surface area contributed by atoms with Crippen molar-refractivity contribution in [2.45, 2.75) is 6.92 Å². The van der Waals surface area contributed by atoms with Crippen molar-refractivity contribution in [3.63, 3.8) is 0 Å². The van der Waals surface area contributed by atoms with Crippen LogP contribution in [0, 0.1) is 6.92 Å². The van der Waals surface area contributed by atoms with Crippen LogP contribution in [0.2, 0.25) is 5.02 Å². The van der Waals surface area contributed by atoms with E-state index in [0.29, 0.717) is 10.8 Å². The molecular formula is C16H13BrClN3. The molecule has 0 bridgehead atoms. The van der Waals surface area contributed by atoms with E-state index in [0.717, 1.165) is 26.9 Å². The molecule has 2 aromatic carbocycles. The van der Waals surface area contributed by atoms with Crippen molar-refractivity contribution in [3.05, 3.63) is 57.5 Å². The van der Waals surface area contributed by atoms with Gasteiger partial charge in [-0.2, -0.15) is 5.10 Å². The zero-order valence-corrected chi connectivity index (χ0v) is 13.7. The Morgan fingerprint density at radius 1 is 1.14 bits per heavy atom. The lowest BCUT2D eigenvalue weighted by molar-refractivity contribution is 1.10. The Morgan fingerprint density at radius 2 is 1.95 bits per heavy atom. The summed E-state index contributed by atoms with van der Waals surface area (Å²) in [6.07, 6.45) is 0. The van der Waals surface area contributed by atoms with Gasteiger partial charge in [0.05, 0.1) is 11.3 Å². The molecule has 21 heavy (non-hydrogen) atoms. The molecule has 0 atom stereocenters. The predicted molar refractivity (Wildman–Crippen MR) is 91.3 cm³/mol. The third-order valence-corrected chi connectivity index (χ3v) is 3.93. The molecule has 0 saturated heterocycles. The van der Waals surface area contributed by atoms with Crippen LogP contribution in [-0.2, 0) is 0 Å². The van der Waals surface area contributed by atoms with Gasteiger partial charge >= 0.3 is 0 Å². The second-order valence-electron chi connectivity index (χ2n) is 4.89. The number of nitrogens with one attached hydrogen (secondary N) is 1. The van der Waals surface area contributed by atoms with E-state index in [1.165, 1.54) is 5.56 Å². The predicted octanol–water partition coefficient (Wildman–Crippen LogP) is 5.05. The molecule has 3 aromatic rings. The van der Waals surface area contributed by atoms with Crippen LogP contribution in [-0.4, -0.2) is 10.2 Å². The summed E-state index contributed by atoms with van der Waals surface area (Å²) in [7, 11) is 0. The lowest BCUT2D eigenvalue weighted by atomic mass is 9.99. The number of rotatable bonds is 2. The van der Waals surface area contributed by atoms with Crippen molar-refractivity contribution < 1.29 is 0 Å². The minimum absolute atomic E-state index is 0.478. The molecule has 0 aliphatic carbocycles. The fourth-order valence-electron chi connectivity index (χ4n) is 2.36. The molecule has 0 fully saturated rings. The summed E-state index contributed by atoms with van der Waals surface area (Å²) in [6, 6.07) is 13.9. The van der Waals surface area contributed by atoms with E-state index in [1.807, 2.05) is 30.3 Å². The Bertz CT molecular complexity index is 791. The van der Waals surface area contributed by atoms with Crippen LogP contribution < -0.4 is 5.73 Å². The van der Waals surface area contributed by atoms with Crippen LogP contribution in [0.1, 0.15) is 5.56 Å². The normalized spacial score (nSPS) is 10.8. The van der Waals surface area contributed by atoms with Crippen LogP contribution in [0.25, 0.3) is 22.4 Å². The molecular weight excluding hydrogens is 350 g/mol. The van der Waals surface area contributed by atoms with Crippen molar-refractivity contribution in [1.29, 1.82) is 0 Å². The minimum Gasteiger partial charge on any atom is -0.382 e. The number of hydrogen-bond donors (Lipinski definition) is 2. The summed E-state index contributed by atoms with van der Waals surface area (Å²) in [4.78, 5) is 0. The quantitative estimate of drug-likeness (QED) is 0.670. The summed E-state index contributed by atoms with van der Waals surface area (Å²) >= 11 is 9.59. The first-order valence-corrected chi connectivity index (χ1v) is 7.59. The Kier molecular flexibility index (Phi) is 3.74. The van der Waals surface area contributed by atoms with Gasteiger partial charge in [-0.3, -0.25) is 5.10 Å². The summed E-state index contributed by atoms with van der Waals surface area (Å²) in [5.74, 6) is 0.478. The number of aromatic nitrogens is 2. The van der Waals surface area contributed by atoms with Gasteiger partial charge in [-0.25, -0.2) is 0 Å². The maximum absolute atomic E-state index is 6.13. The van der Waals surface area contributed by atoms with Gasteiger partial charge in [0.15, 0.2) is 5.82 Å².